The van der Waals surface area contributed by atoms with E-state index in [1.54, 1.807) is 16.9 Å². The molecule has 1 aliphatic carbocycles. The van der Waals surface area contributed by atoms with Crippen molar-refractivity contribution in [1.82, 2.24) is 15.6 Å². The van der Waals surface area contributed by atoms with E-state index in [1.807, 2.05) is 0 Å². The fraction of sp³-hybridized carbons (Fsp3) is 0.667. The van der Waals surface area contributed by atoms with Crippen LogP contribution in [-0.4, -0.2) is 30.6 Å². The molecule has 1 heterocycles. The van der Waals surface area contributed by atoms with Crippen LogP contribution in [0.5, 0.6) is 0 Å². The molecule has 0 aliphatic heterocycles. The second kappa shape index (κ2) is 12.7. The van der Waals surface area contributed by atoms with Gasteiger partial charge < -0.3 is 10.6 Å². The van der Waals surface area contributed by atoms with Gasteiger partial charge in [0.1, 0.15) is 0 Å². The Balaban J connectivity index is 0.00000288. The van der Waals surface area contributed by atoms with Gasteiger partial charge in [-0.3, -0.25) is 4.99 Å². The van der Waals surface area contributed by atoms with Gasteiger partial charge >= 0.3 is 0 Å². The number of aryl methyl sites for hydroxylation is 1. The summed E-state index contributed by atoms with van der Waals surface area (Å²) in [6.45, 7) is 6.90. The topological polar surface area (TPSA) is 49.3 Å². The predicted octanol–water partition coefficient (Wildman–Crippen LogP) is 4.31. The van der Waals surface area contributed by atoms with Crippen LogP contribution in [0.15, 0.2) is 22.0 Å². The lowest BCUT2D eigenvalue weighted by Gasteiger charge is -2.15. The Morgan fingerprint density at radius 2 is 2.12 bits per heavy atom. The highest BCUT2D eigenvalue weighted by Crippen LogP contribution is 2.19. The average molecular weight is 462 g/mol. The summed E-state index contributed by atoms with van der Waals surface area (Å²) in [5.41, 5.74) is 2.77. The molecule has 1 aliphatic rings. The second-order valence-electron chi connectivity index (χ2n) is 5.88. The minimum atomic E-state index is 0. The number of rotatable bonds is 8. The molecule has 0 saturated heterocycles. The summed E-state index contributed by atoms with van der Waals surface area (Å²) in [6, 6.07) is 0. The molecule has 6 heteroatoms. The molecule has 0 fully saturated rings. The first kappa shape index (κ1) is 21.4. The summed E-state index contributed by atoms with van der Waals surface area (Å²) in [5, 5.41) is 10.1. The number of nitrogens with zero attached hydrogens (tertiary/aromatic N) is 2. The van der Waals surface area contributed by atoms with E-state index in [2.05, 4.69) is 45.9 Å². The summed E-state index contributed by atoms with van der Waals surface area (Å²) in [6.07, 6.45) is 10.7. The van der Waals surface area contributed by atoms with Crippen molar-refractivity contribution in [2.45, 2.75) is 58.8 Å². The van der Waals surface area contributed by atoms with Gasteiger partial charge in [-0.15, -0.1) is 35.3 Å². The van der Waals surface area contributed by atoms with E-state index >= 15 is 0 Å². The van der Waals surface area contributed by atoms with E-state index in [4.69, 9.17) is 0 Å². The van der Waals surface area contributed by atoms with Crippen LogP contribution in [-0.2, 0) is 12.8 Å². The van der Waals surface area contributed by atoms with E-state index in [1.165, 1.54) is 36.4 Å². The van der Waals surface area contributed by atoms with Crippen molar-refractivity contribution in [1.29, 1.82) is 0 Å². The Labute approximate surface area is 167 Å². The van der Waals surface area contributed by atoms with Crippen molar-refractivity contribution < 1.29 is 0 Å². The fourth-order valence-corrected chi connectivity index (χ4v) is 3.50. The average Bonchev–Trinajstić information content (AvgIpc) is 3.04. The van der Waals surface area contributed by atoms with Gasteiger partial charge in [0, 0.05) is 31.4 Å². The standard InChI is InChI=1S/C18H30N4S.HI/c1-3-17-22-16(14-23-17)11-13-21-18(19-4-2)20-12-10-15-8-6-5-7-9-15;/h8,14H,3-7,9-13H2,1-2H3,(H2,19,20,21);1H. The molecular formula is C18H31IN4S. The van der Waals surface area contributed by atoms with Crippen LogP contribution in [0.4, 0.5) is 0 Å². The van der Waals surface area contributed by atoms with Crippen LogP contribution in [0.25, 0.3) is 0 Å². The van der Waals surface area contributed by atoms with Crippen LogP contribution >= 0.6 is 35.3 Å². The quantitative estimate of drug-likeness (QED) is 0.262. The highest BCUT2D eigenvalue weighted by molar-refractivity contribution is 14.0. The smallest absolute Gasteiger partial charge is 0.191 e. The lowest BCUT2D eigenvalue weighted by atomic mass is 9.97. The summed E-state index contributed by atoms with van der Waals surface area (Å²) < 4.78 is 0. The molecule has 2 rings (SSSR count). The molecule has 1 aromatic heterocycles. The highest BCUT2D eigenvalue weighted by Gasteiger charge is 2.04. The van der Waals surface area contributed by atoms with Crippen LogP contribution < -0.4 is 10.6 Å². The minimum absolute atomic E-state index is 0. The summed E-state index contributed by atoms with van der Waals surface area (Å²) in [7, 11) is 0. The number of guanidine groups is 1. The summed E-state index contributed by atoms with van der Waals surface area (Å²) >= 11 is 1.75. The SMILES string of the molecule is CCNC(=NCCc1csc(CC)n1)NCCC1=CCCCC1.I. The molecule has 0 saturated carbocycles. The Hall–Kier alpha value is -0.630. The largest absolute Gasteiger partial charge is 0.357 e. The Morgan fingerprint density at radius 1 is 1.25 bits per heavy atom. The third-order valence-corrected chi connectivity index (χ3v) is 5.05. The molecule has 0 atom stereocenters. The lowest BCUT2D eigenvalue weighted by molar-refractivity contribution is 0.665. The number of allylic oxidation sites excluding steroid dienone is 1. The van der Waals surface area contributed by atoms with Crippen LogP contribution in [0.1, 0.15) is 56.7 Å². The normalized spacial score (nSPS) is 14.8. The van der Waals surface area contributed by atoms with Crippen LogP contribution in [0, 0.1) is 0 Å². The molecule has 136 valence electrons. The van der Waals surface area contributed by atoms with Crippen molar-refractivity contribution in [3.63, 3.8) is 0 Å². The van der Waals surface area contributed by atoms with Crippen molar-refractivity contribution in [2.24, 2.45) is 4.99 Å². The minimum Gasteiger partial charge on any atom is -0.357 e. The first-order chi connectivity index (χ1) is 11.3. The zero-order valence-electron chi connectivity index (χ0n) is 14.9. The van der Waals surface area contributed by atoms with Crippen LogP contribution in [0.2, 0.25) is 0 Å². The molecule has 0 aromatic carbocycles. The number of hydrogen-bond donors (Lipinski definition) is 2. The maximum absolute atomic E-state index is 4.67. The lowest BCUT2D eigenvalue weighted by Crippen LogP contribution is -2.38. The molecular weight excluding hydrogens is 431 g/mol. The van der Waals surface area contributed by atoms with E-state index in [-0.39, 0.29) is 24.0 Å². The molecule has 1 aromatic rings. The second-order valence-corrected chi connectivity index (χ2v) is 6.82. The first-order valence-corrected chi connectivity index (χ1v) is 9.83. The first-order valence-electron chi connectivity index (χ1n) is 8.95. The summed E-state index contributed by atoms with van der Waals surface area (Å²) in [4.78, 5) is 9.26. The van der Waals surface area contributed by atoms with Gasteiger partial charge in [0.05, 0.1) is 10.7 Å². The number of aromatic nitrogens is 1. The fourth-order valence-electron chi connectivity index (χ4n) is 2.72. The number of nitrogens with one attached hydrogen (secondary N) is 2. The summed E-state index contributed by atoms with van der Waals surface area (Å²) in [5.74, 6) is 0.926. The Kier molecular flexibility index (Phi) is 11.3. The molecule has 0 amide bonds. The third-order valence-electron chi connectivity index (χ3n) is 4.01. The van der Waals surface area contributed by atoms with Gasteiger partial charge in [-0.2, -0.15) is 0 Å². The van der Waals surface area contributed by atoms with E-state index in [0.29, 0.717) is 0 Å². The molecule has 0 unspecified atom stereocenters. The number of hydrogen-bond acceptors (Lipinski definition) is 3. The van der Waals surface area contributed by atoms with Crippen molar-refractivity contribution >= 4 is 41.3 Å². The van der Waals surface area contributed by atoms with Crippen LogP contribution in [0.3, 0.4) is 0 Å². The Bertz CT molecular complexity index is 525. The van der Waals surface area contributed by atoms with Gasteiger partial charge in [-0.05, 0) is 45.4 Å². The van der Waals surface area contributed by atoms with Crippen molar-refractivity contribution in [2.75, 3.05) is 19.6 Å². The molecule has 2 N–H and O–H groups in total. The molecule has 0 spiro atoms. The monoisotopic (exact) mass is 462 g/mol. The Morgan fingerprint density at radius 3 is 2.79 bits per heavy atom. The third kappa shape index (κ3) is 7.96. The van der Waals surface area contributed by atoms with Crippen molar-refractivity contribution in [3.05, 3.63) is 27.7 Å². The van der Waals surface area contributed by atoms with E-state index in [0.717, 1.165) is 44.9 Å². The van der Waals surface area contributed by atoms with Gasteiger partial charge in [-0.1, -0.05) is 18.6 Å². The zero-order valence-corrected chi connectivity index (χ0v) is 18.1. The number of halogens is 1. The molecule has 4 nitrogen and oxygen atoms in total. The highest BCUT2D eigenvalue weighted by atomic mass is 127. The molecule has 0 radical (unpaired) electrons. The molecule has 0 bridgehead atoms. The van der Waals surface area contributed by atoms with Gasteiger partial charge in [0.15, 0.2) is 5.96 Å². The van der Waals surface area contributed by atoms with E-state index in [9.17, 15) is 0 Å². The van der Waals surface area contributed by atoms with Gasteiger partial charge in [-0.25, -0.2) is 4.98 Å². The molecule has 24 heavy (non-hydrogen) atoms. The van der Waals surface area contributed by atoms with E-state index < -0.39 is 0 Å². The maximum atomic E-state index is 4.67. The predicted molar refractivity (Wildman–Crippen MR) is 116 cm³/mol. The number of aliphatic imine (C=N–C) groups is 1. The maximum Gasteiger partial charge on any atom is 0.191 e. The van der Waals surface area contributed by atoms with Crippen molar-refractivity contribution in [3.8, 4) is 0 Å². The van der Waals surface area contributed by atoms with Gasteiger partial charge in [0.25, 0.3) is 0 Å². The van der Waals surface area contributed by atoms with Gasteiger partial charge in [0.2, 0.25) is 0 Å². The number of thiazole rings is 1. The zero-order chi connectivity index (χ0) is 16.3.